The largest absolute Gasteiger partial charge is 0.416 e. The molecule has 5 rings (SSSR count). The van der Waals surface area contributed by atoms with E-state index in [0.717, 1.165) is 56.2 Å². The lowest BCUT2D eigenvalue weighted by atomic mass is 9.73. The van der Waals surface area contributed by atoms with Crippen LogP contribution in [0.25, 0.3) is 0 Å². The minimum Gasteiger partial charge on any atom is -0.381 e. The van der Waals surface area contributed by atoms with Crippen molar-refractivity contribution >= 4 is 0 Å². The van der Waals surface area contributed by atoms with Gasteiger partial charge < -0.3 is 19.5 Å². The van der Waals surface area contributed by atoms with Crippen molar-refractivity contribution in [2.24, 2.45) is 0 Å². The molecule has 2 aliphatic rings. The summed E-state index contributed by atoms with van der Waals surface area (Å²) in [7, 11) is 0. The molecule has 204 valence electrons. The first-order chi connectivity index (χ1) is 18.3. The Labute approximate surface area is 219 Å². The fourth-order valence-electron chi connectivity index (χ4n) is 5.54. The van der Waals surface area contributed by atoms with Crippen LogP contribution in [0.2, 0.25) is 0 Å². The van der Waals surface area contributed by atoms with E-state index in [1.807, 2.05) is 0 Å². The van der Waals surface area contributed by atoms with Gasteiger partial charge in [-0.1, -0.05) is 35.5 Å². The number of piperidine rings is 1. The van der Waals surface area contributed by atoms with Crippen molar-refractivity contribution in [1.29, 1.82) is 0 Å². The maximum absolute atomic E-state index is 13.5. The van der Waals surface area contributed by atoms with Crippen LogP contribution in [-0.2, 0) is 22.9 Å². The fraction of sp³-hybridized carbons (Fsp3) is 0.500. The number of alkyl halides is 3. The minimum atomic E-state index is -4.31. The summed E-state index contributed by atoms with van der Waals surface area (Å²) in [4.78, 5) is 7.00. The van der Waals surface area contributed by atoms with Crippen LogP contribution < -0.4 is 5.32 Å². The molecule has 0 amide bonds. The van der Waals surface area contributed by atoms with Crippen molar-refractivity contribution in [1.82, 2.24) is 20.4 Å². The third kappa shape index (κ3) is 6.08. The highest BCUT2D eigenvalue weighted by Crippen LogP contribution is 2.40. The molecule has 6 nitrogen and oxygen atoms in total. The number of hydrogen-bond acceptors (Lipinski definition) is 6. The molecule has 1 N–H and O–H groups in total. The van der Waals surface area contributed by atoms with Crippen molar-refractivity contribution in [3.05, 3.63) is 82.8 Å². The molecular weight excluding hydrogens is 500 g/mol. The summed E-state index contributed by atoms with van der Waals surface area (Å²) in [5, 5.41) is 7.64. The lowest BCUT2D eigenvalue weighted by Gasteiger charge is -2.34. The van der Waals surface area contributed by atoms with E-state index in [1.165, 1.54) is 24.3 Å². The Morgan fingerprint density at radius 3 is 2.47 bits per heavy atom. The van der Waals surface area contributed by atoms with Gasteiger partial charge in [0.1, 0.15) is 5.82 Å². The third-order valence-corrected chi connectivity index (χ3v) is 7.79. The standard InChI is InChI=1S/C28H32F4N4O2/c29-24-6-4-22(5-7-24)27(10-16-37-17-11-27)26-34-25(38-35-26)19-33-12-15-36-13-8-20(9-14-36)21-2-1-3-23(18-21)28(30,31)32/h1-7,18,20,33H,8-17,19H2. The number of aromatic nitrogens is 2. The Balaban J connectivity index is 1.10. The average Bonchev–Trinajstić information content (AvgIpc) is 3.41. The van der Waals surface area contributed by atoms with Crippen molar-refractivity contribution in [2.75, 3.05) is 39.4 Å². The Morgan fingerprint density at radius 1 is 1.03 bits per heavy atom. The third-order valence-electron chi connectivity index (χ3n) is 7.79. The summed E-state index contributed by atoms with van der Waals surface area (Å²) < 4.78 is 63.8. The predicted molar refractivity (Wildman–Crippen MR) is 133 cm³/mol. The summed E-state index contributed by atoms with van der Waals surface area (Å²) in [6.07, 6.45) is -1.25. The molecule has 2 aliphatic heterocycles. The van der Waals surface area contributed by atoms with Gasteiger partial charge in [-0.2, -0.15) is 18.2 Å². The zero-order valence-corrected chi connectivity index (χ0v) is 21.1. The summed E-state index contributed by atoms with van der Waals surface area (Å²) in [5.74, 6) is 0.961. The molecule has 10 heteroatoms. The van der Waals surface area contributed by atoms with Crippen molar-refractivity contribution < 1.29 is 26.8 Å². The highest BCUT2D eigenvalue weighted by molar-refractivity contribution is 5.33. The first kappa shape index (κ1) is 26.8. The lowest BCUT2D eigenvalue weighted by molar-refractivity contribution is -0.137. The molecule has 0 saturated carbocycles. The summed E-state index contributed by atoms with van der Waals surface area (Å²) in [6, 6.07) is 12.2. The number of nitrogens with one attached hydrogen (secondary N) is 1. The van der Waals surface area contributed by atoms with Crippen LogP contribution >= 0.6 is 0 Å². The van der Waals surface area contributed by atoms with E-state index < -0.39 is 17.2 Å². The number of rotatable bonds is 8. The van der Waals surface area contributed by atoms with Gasteiger partial charge in [-0.15, -0.1) is 0 Å². The van der Waals surface area contributed by atoms with Gasteiger partial charge in [0, 0.05) is 26.3 Å². The lowest BCUT2D eigenvalue weighted by Crippen LogP contribution is -2.37. The van der Waals surface area contributed by atoms with Crippen LogP contribution in [0.4, 0.5) is 17.6 Å². The number of nitrogens with zero attached hydrogens (tertiary/aromatic N) is 3. The van der Waals surface area contributed by atoms with Crippen molar-refractivity contribution in [3.8, 4) is 0 Å². The Bertz CT molecular complexity index is 1180. The van der Waals surface area contributed by atoms with E-state index in [1.54, 1.807) is 18.2 Å². The van der Waals surface area contributed by atoms with Gasteiger partial charge in [0.15, 0.2) is 5.82 Å². The SMILES string of the molecule is Fc1ccc(C2(c3noc(CNCCN4CCC(c5cccc(C(F)(F)F)c5)CC4)n3)CCOCC2)cc1. The fourth-order valence-corrected chi connectivity index (χ4v) is 5.54. The van der Waals surface area contributed by atoms with E-state index in [0.29, 0.717) is 44.3 Å². The van der Waals surface area contributed by atoms with Gasteiger partial charge in [0.2, 0.25) is 5.89 Å². The van der Waals surface area contributed by atoms with Crippen molar-refractivity contribution in [2.45, 2.75) is 49.7 Å². The molecule has 3 heterocycles. The molecule has 0 radical (unpaired) electrons. The Kier molecular flexibility index (Phi) is 8.11. The van der Waals surface area contributed by atoms with Crippen molar-refractivity contribution in [3.63, 3.8) is 0 Å². The summed E-state index contributed by atoms with van der Waals surface area (Å²) >= 11 is 0. The Morgan fingerprint density at radius 2 is 1.76 bits per heavy atom. The van der Waals surface area contributed by atoms with Gasteiger partial charge >= 0.3 is 6.18 Å². The van der Waals surface area contributed by atoms with Gasteiger partial charge in [0.05, 0.1) is 17.5 Å². The minimum absolute atomic E-state index is 0.150. The molecular formula is C28H32F4N4O2. The molecule has 1 aromatic heterocycles. The zero-order chi connectivity index (χ0) is 26.6. The van der Waals surface area contributed by atoms with Gasteiger partial charge in [-0.05, 0) is 74.0 Å². The molecule has 38 heavy (non-hydrogen) atoms. The average molecular weight is 533 g/mol. The molecule has 2 fully saturated rings. The molecule has 0 aliphatic carbocycles. The van der Waals surface area contributed by atoms with Crippen LogP contribution in [0, 0.1) is 5.82 Å². The molecule has 2 saturated heterocycles. The van der Waals surface area contributed by atoms with E-state index in [4.69, 9.17) is 9.26 Å². The van der Waals surface area contributed by atoms with Crippen LogP contribution in [0.1, 0.15) is 60.0 Å². The van der Waals surface area contributed by atoms with Gasteiger partial charge in [-0.25, -0.2) is 4.39 Å². The molecule has 0 atom stereocenters. The molecule has 2 aromatic carbocycles. The first-order valence-electron chi connectivity index (χ1n) is 13.1. The summed E-state index contributed by atoms with van der Waals surface area (Å²) in [5.41, 5.74) is 0.687. The first-order valence-corrected chi connectivity index (χ1v) is 13.1. The molecule has 0 bridgehead atoms. The van der Waals surface area contributed by atoms with E-state index in [2.05, 4.69) is 20.4 Å². The summed E-state index contributed by atoms with van der Waals surface area (Å²) in [6.45, 7) is 4.82. The number of hydrogen-bond donors (Lipinski definition) is 1. The quantitative estimate of drug-likeness (QED) is 0.314. The second kappa shape index (κ2) is 11.5. The monoisotopic (exact) mass is 532 g/mol. The normalized spacial score (nSPS) is 19.1. The number of likely N-dealkylation sites (tertiary alicyclic amines) is 1. The number of halogens is 4. The molecule has 0 spiro atoms. The second-order valence-corrected chi connectivity index (χ2v) is 10.1. The topological polar surface area (TPSA) is 63.4 Å². The smallest absolute Gasteiger partial charge is 0.381 e. The predicted octanol–water partition coefficient (Wildman–Crippen LogP) is 5.29. The van der Waals surface area contributed by atoms with Gasteiger partial charge in [-0.3, -0.25) is 0 Å². The van der Waals surface area contributed by atoms with Crippen LogP contribution in [0.3, 0.4) is 0 Å². The number of ether oxygens (including phenoxy) is 1. The van der Waals surface area contributed by atoms with Crippen LogP contribution in [-0.4, -0.2) is 54.4 Å². The zero-order valence-electron chi connectivity index (χ0n) is 21.1. The second-order valence-electron chi connectivity index (χ2n) is 10.1. The molecule has 3 aromatic rings. The van der Waals surface area contributed by atoms with Gasteiger partial charge in [0.25, 0.3) is 0 Å². The van der Waals surface area contributed by atoms with Crippen LogP contribution in [0.15, 0.2) is 53.1 Å². The highest BCUT2D eigenvalue weighted by atomic mass is 19.4. The highest BCUT2D eigenvalue weighted by Gasteiger charge is 2.40. The van der Waals surface area contributed by atoms with Crippen LogP contribution in [0.5, 0.6) is 0 Å². The van der Waals surface area contributed by atoms with E-state index >= 15 is 0 Å². The number of benzene rings is 2. The Hall–Kier alpha value is -2.82. The maximum atomic E-state index is 13.5. The van der Waals surface area contributed by atoms with E-state index in [9.17, 15) is 17.6 Å². The maximum Gasteiger partial charge on any atom is 0.416 e. The van der Waals surface area contributed by atoms with E-state index in [-0.39, 0.29) is 11.7 Å². The molecule has 0 unspecified atom stereocenters.